The zero-order valence-corrected chi connectivity index (χ0v) is 28.8. The Morgan fingerprint density at radius 1 is 0.844 bits per heavy atom. The van der Waals surface area contributed by atoms with Gasteiger partial charge in [-0.05, 0) is 35.6 Å². The van der Waals surface area contributed by atoms with Crippen LogP contribution >= 0.6 is 29.2 Å². The maximum Gasteiger partial charge on any atom is 0.330 e. The van der Waals surface area contributed by atoms with Crippen LogP contribution in [-0.4, -0.2) is 59.5 Å². The first kappa shape index (κ1) is 36.9. The number of hydrogen-bond donors (Lipinski definition) is 3. The minimum atomic E-state index is -3.49. The van der Waals surface area contributed by atoms with Crippen molar-refractivity contribution in [3.8, 4) is 0 Å². The number of nitrogens with one attached hydrogen (secondary N) is 2. The molecular formula is C33H46N3O6PS2. The molecule has 3 amide bonds. The first-order valence-electron chi connectivity index (χ1n) is 15.6. The zero-order valence-electron chi connectivity index (χ0n) is 26.2. The Hall–Kier alpha value is -2.56. The van der Waals surface area contributed by atoms with Crippen molar-refractivity contribution >= 4 is 64.7 Å². The lowest BCUT2D eigenvalue weighted by Crippen LogP contribution is -2.33. The van der Waals surface area contributed by atoms with E-state index in [1.807, 2.05) is 54.6 Å². The van der Waals surface area contributed by atoms with Gasteiger partial charge in [0.15, 0.2) is 0 Å². The van der Waals surface area contributed by atoms with Gasteiger partial charge in [0.05, 0.1) is 24.5 Å². The topological polar surface area (TPSA) is 125 Å². The van der Waals surface area contributed by atoms with Crippen LogP contribution in [0, 0.1) is 0 Å². The Kier molecular flexibility index (Phi) is 16.3. The van der Waals surface area contributed by atoms with Gasteiger partial charge < -0.3 is 25.0 Å². The monoisotopic (exact) mass is 675 g/mol. The Bertz CT molecular complexity index is 1340. The van der Waals surface area contributed by atoms with Crippen molar-refractivity contribution in [3.63, 3.8) is 0 Å². The Morgan fingerprint density at radius 2 is 1.49 bits per heavy atom. The molecule has 0 radical (unpaired) electrons. The number of unbranched alkanes of at least 4 members (excludes halogenated alkanes) is 3. The third-order valence-corrected chi connectivity index (χ3v) is 11.5. The minimum absolute atomic E-state index is 0.0183. The van der Waals surface area contributed by atoms with Gasteiger partial charge in [-0.15, -0.1) is 0 Å². The van der Waals surface area contributed by atoms with Crippen LogP contribution in [0.3, 0.4) is 0 Å². The fraction of sp³-hybridized carbons (Fsp3) is 0.485. The normalized spacial score (nSPS) is 14.4. The van der Waals surface area contributed by atoms with Crippen molar-refractivity contribution < 1.29 is 28.4 Å². The predicted octanol–water partition coefficient (Wildman–Crippen LogP) is 6.66. The maximum atomic E-state index is 13.3. The van der Waals surface area contributed by atoms with Gasteiger partial charge in [0.2, 0.25) is 17.7 Å². The fourth-order valence-corrected chi connectivity index (χ4v) is 7.13. The molecule has 0 bridgehead atoms. The highest BCUT2D eigenvalue weighted by molar-refractivity contribution is 8.76. The largest absolute Gasteiger partial charge is 0.356 e. The number of hydrogen-bond acceptors (Lipinski definition) is 7. The second kappa shape index (κ2) is 19.8. The van der Waals surface area contributed by atoms with Crippen molar-refractivity contribution in [2.45, 2.75) is 71.0 Å². The van der Waals surface area contributed by atoms with Gasteiger partial charge in [0.25, 0.3) is 0 Å². The van der Waals surface area contributed by atoms with Crippen molar-refractivity contribution in [2.75, 3.05) is 36.1 Å². The van der Waals surface area contributed by atoms with Crippen LogP contribution < -0.4 is 15.5 Å². The molecule has 2 aromatic rings. The van der Waals surface area contributed by atoms with Gasteiger partial charge in [0, 0.05) is 43.9 Å². The molecule has 246 valence electrons. The van der Waals surface area contributed by atoms with Crippen molar-refractivity contribution in [3.05, 3.63) is 65.2 Å². The molecular weight excluding hydrogens is 629 g/mol. The lowest BCUT2D eigenvalue weighted by Gasteiger charge is -2.27. The van der Waals surface area contributed by atoms with E-state index in [4.69, 9.17) is 4.52 Å². The van der Waals surface area contributed by atoms with Gasteiger partial charge in [-0.2, -0.15) is 0 Å². The number of carbonyl (C=O) groups excluding carboxylic acids is 3. The molecule has 0 saturated carbocycles. The molecule has 1 aliphatic rings. The van der Waals surface area contributed by atoms with Crippen molar-refractivity contribution in [2.24, 2.45) is 0 Å². The average molecular weight is 676 g/mol. The summed E-state index contributed by atoms with van der Waals surface area (Å²) in [5.74, 6) is 1.18. The lowest BCUT2D eigenvalue weighted by molar-refractivity contribution is -0.125. The molecule has 0 fully saturated rings. The van der Waals surface area contributed by atoms with Crippen LogP contribution in [0.2, 0.25) is 0 Å². The summed E-state index contributed by atoms with van der Waals surface area (Å²) in [6, 6.07) is 15.8. The third-order valence-electron chi connectivity index (χ3n) is 7.25. The molecule has 0 aliphatic carbocycles. The number of rotatable bonds is 19. The minimum Gasteiger partial charge on any atom is -0.356 e. The highest BCUT2D eigenvalue weighted by Gasteiger charge is 2.24. The quantitative estimate of drug-likeness (QED) is 0.0858. The van der Waals surface area contributed by atoms with Gasteiger partial charge in [-0.3, -0.25) is 18.9 Å². The molecule has 1 heterocycles. The molecule has 1 aliphatic heterocycles. The predicted molar refractivity (Wildman–Crippen MR) is 187 cm³/mol. The van der Waals surface area contributed by atoms with E-state index in [9.17, 15) is 23.8 Å². The van der Waals surface area contributed by atoms with E-state index in [2.05, 4.69) is 16.7 Å². The number of anilines is 1. The van der Waals surface area contributed by atoms with Crippen molar-refractivity contribution in [1.82, 2.24) is 10.6 Å². The summed E-state index contributed by atoms with van der Waals surface area (Å²) < 4.78 is 16.8. The molecule has 0 saturated heterocycles. The van der Waals surface area contributed by atoms with Crippen LogP contribution in [0.15, 0.2) is 48.5 Å². The molecule has 45 heavy (non-hydrogen) atoms. The molecule has 12 heteroatoms. The van der Waals surface area contributed by atoms with E-state index in [1.165, 1.54) is 0 Å². The van der Waals surface area contributed by atoms with E-state index >= 15 is 0 Å². The molecule has 2 aromatic carbocycles. The third kappa shape index (κ3) is 13.4. The number of carbonyl (C=O) groups is 3. The van der Waals surface area contributed by atoms with Crippen LogP contribution in [0.1, 0.15) is 75.5 Å². The maximum absolute atomic E-state index is 13.3. The van der Waals surface area contributed by atoms with Gasteiger partial charge >= 0.3 is 7.60 Å². The van der Waals surface area contributed by atoms with Crippen LogP contribution in [0.5, 0.6) is 0 Å². The summed E-state index contributed by atoms with van der Waals surface area (Å²) in [6.07, 6.45) is 8.17. The summed E-state index contributed by atoms with van der Waals surface area (Å²) in [6.45, 7) is 5.19. The summed E-state index contributed by atoms with van der Waals surface area (Å²) in [5.41, 5.74) is 3.56. The summed E-state index contributed by atoms with van der Waals surface area (Å²) in [7, 11) is -0.279. The summed E-state index contributed by atoms with van der Waals surface area (Å²) >= 11 is 0. The Balaban J connectivity index is 1.22. The van der Waals surface area contributed by atoms with E-state index in [0.717, 1.165) is 48.1 Å². The lowest BCUT2D eigenvalue weighted by atomic mass is 10.0. The molecule has 1 unspecified atom stereocenters. The second-order valence-corrected chi connectivity index (χ2v) is 16.2. The fourth-order valence-electron chi connectivity index (χ4n) is 4.54. The first-order chi connectivity index (χ1) is 21.7. The highest BCUT2D eigenvalue weighted by Crippen LogP contribution is 2.47. The molecule has 9 nitrogen and oxygen atoms in total. The van der Waals surface area contributed by atoms with Gasteiger partial charge in [0.1, 0.15) is 0 Å². The average Bonchev–Trinajstić information content (AvgIpc) is 3.01. The van der Waals surface area contributed by atoms with Gasteiger partial charge in [-0.25, -0.2) is 0 Å². The zero-order chi connectivity index (χ0) is 32.5. The highest BCUT2D eigenvalue weighted by atomic mass is 33.1. The standard InChI is InChI=1S/C33H46N3O6PS2/c1-26(2)43(40,41)42-22-10-4-3-9-20-34-32(38)19-23-44-45-24-21-35-31(37)17-18-33(39)36-25-29-13-6-5-11-27(29)15-16-28-12-7-8-14-30(28)36/h5-8,11-16,26H,3-4,9-10,17-25H2,1-2H3,(H,34,38)(H,35,37)(H,40,41)/b16-15-. The van der Waals surface area contributed by atoms with Crippen LogP contribution in [-0.2, 0) is 30.0 Å². The number of benzene rings is 2. The number of amides is 3. The summed E-state index contributed by atoms with van der Waals surface area (Å²) in [5, 5.41) is 5.82. The second-order valence-electron chi connectivity index (χ2n) is 11.1. The Labute approximate surface area is 275 Å². The van der Waals surface area contributed by atoms with E-state index < -0.39 is 13.3 Å². The molecule has 3 rings (SSSR count). The van der Waals surface area contributed by atoms with E-state index in [1.54, 1.807) is 40.3 Å². The van der Waals surface area contributed by atoms with Crippen LogP contribution in [0.4, 0.5) is 5.69 Å². The molecule has 0 spiro atoms. The Morgan fingerprint density at radius 3 is 2.29 bits per heavy atom. The number of para-hydroxylation sites is 1. The number of nitrogens with zero attached hydrogens (tertiary/aromatic N) is 1. The summed E-state index contributed by atoms with van der Waals surface area (Å²) in [4.78, 5) is 49.2. The van der Waals surface area contributed by atoms with E-state index in [-0.39, 0.29) is 37.2 Å². The smallest absolute Gasteiger partial charge is 0.330 e. The van der Waals surface area contributed by atoms with Gasteiger partial charge in [-0.1, -0.05) is 103 Å². The molecule has 3 N–H and O–H groups in total. The molecule has 1 atom stereocenters. The van der Waals surface area contributed by atoms with Crippen LogP contribution in [0.25, 0.3) is 12.2 Å². The SMILES string of the molecule is CC(C)P(=O)(O)OCCCCCCNC(=O)CCSSCCNC(=O)CCC(=O)N1Cc2ccccc2/C=C\c2ccccc21. The van der Waals surface area contributed by atoms with Crippen molar-refractivity contribution in [1.29, 1.82) is 0 Å². The number of fused-ring (bicyclic) bond motifs is 2. The molecule has 0 aromatic heterocycles. The first-order valence-corrected chi connectivity index (χ1v) is 19.7. The van der Waals surface area contributed by atoms with E-state index in [0.29, 0.717) is 37.6 Å².